The van der Waals surface area contributed by atoms with Gasteiger partial charge in [-0.15, -0.1) is 5.10 Å². The molecule has 6 rings (SSSR count). The molecule has 0 aliphatic carbocycles. The maximum atomic E-state index is 13.1. The molecule has 1 aliphatic rings. The second-order valence-electron chi connectivity index (χ2n) is 8.79. The fraction of sp³-hybridized carbons (Fsp3) is 0.200. The standard InChI is InChI=1S/C25H23N9O/c1-33-5-2-6-34-15-23(30-32-34)19-8-20(13-27-12-19)28-25(35)24-21-9-17(3-4-22(21)29-31-24)18-7-16(14-33)10-26-11-18/h3-4,7-13,15H,2,5-6,14H2,1H3,(H,28,35)(H,29,31). The van der Waals surface area contributed by atoms with E-state index in [-0.39, 0.29) is 5.91 Å². The number of carbonyl (C=O) groups excluding carboxylic acids is 1. The number of carbonyl (C=O) groups is 1. The highest BCUT2D eigenvalue weighted by Crippen LogP contribution is 2.27. The van der Waals surface area contributed by atoms with E-state index in [1.807, 2.05) is 47.5 Å². The van der Waals surface area contributed by atoms with Crippen molar-refractivity contribution in [1.82, 2.24) is 40.1 Å². The molecule has 0 saturated carbocycles. The van der Waals surface area contributed by atoms with Gasteiger partial charge in [-0.2, -0.15) is 5.10 Å². The summed E-state index contributed by atoms with van der Waals surface area (Å²) in [6.07, 6.45) is 9.88. The number of nitrogens with zero attached hydrogens (tertiary/aromatic N) is 7. The van der Waals surface area contributed by atoms with Gasteiger partial charge in [0, 0.05) is 48.2 Å². The summed E-state index contributed by atoms with van der Waals surface area (Å²) >= 11 is 0. The Morgan fingerprint density at radius 3 is 2.77 bits per heavy atom. The van der Waals surface area contributed by atoms with Gasteiger partial charge < -0.3 is 10.2 Å². The molecule has 4 aromatic heterocycles. The van der Waals surface area contributed by atoms with Gasteiger partial charge in [-0.25, -0.2) is 0 Å². The summed E-state index contributed by atoms with van der Waals surface area (Å²) in [7, 11) is 2.10. The second-order valence-corrected chi connectivity index (χ2v) is 8.79. The van der Waals surface area contributed by atoms with Gasteiger partial charge in [0.25, 0.3) is 5.91 Å². The van der Waals surface area contributed by atoms with Crippen molar-refractivity contribution < 1.29 is 4.79 Å². The summed E-state index contributed by atoms with van der Waals surface area (Å²) in [6, 6.07) is 9.90. The molecule has 5 heterocycles. The number of fused-ring (bicyclic) bond motifs is 9. The van der Waals surface area contributed by atoms with Crippen LogP contribution in [0.2, 0.25) is 0 Å². The minimum atomic E-state index is -0.320. The van der Waals surface area contributed by atoms with Crippen molar-refractivity contribution in [1.29, 1.82) is 0 Å². The van der Waals surface area contributed by atoms with Crippen molar-refractivity contribution in [2.75, 3.05) is 18.9 Å². The lowest BCUT2D eigenvalue weighted by Gasteiger charge is -2.17. The highest BCUT2D eigenvalue weighted by atomic mass is 16.1. The third-order valence-electron chi connectivity index (χ3n) is 6.12. The first-order valence-corrected chi connectivity index (χ1v) is 11.4. The number of rotatable bonds is 0. The van der Waals surface area contributed by atoms with Crippen molar-refractivity contribution in [3.63, 3.8) is 0 Å². The molecule has 1 aromatic carbocycles. The number of aromatic nitrogens is 7. The molecule has 0 radical (unpaired) electrons. The average Bonchev–Trinajstić information content (AvgIpc) is 3.51. The Kier molecular flexibility index (Phi) is 5.27. The molecule has 0 spiro atoms. The van der Waals surface area contributed by atoms with Crippen molar-refractivity contribution in [3.8, 4) is 22.4 Å². The lowest BCUT2D eigenvalue weighted by molar-refractivity contribution is 0.102. The van der Waals surface area contributed by atoms with Gasteiger partial charge in [0.2, 0.25) is 0 Å². The Bertz CT molecular complexity index is 1540. The number of benzene rings is 1. The average molecular weight is 466 g/mol. The highest BCUT2D eigenvalue weighted by molar-refractivity contribution is 6.11. The second kappa shape index (κ2) is 8.73. The molecule has 0 unspecified atom stereocenters. The third kappa shape index (κ3) is 4.26. The molecule has 2 N–H and O–H groups in total. The Balaban J connectivity index is 1.43. The first kappa shape index (κ1) is 21.1. The van der Waals surface area contributed by atoms with Crippen LogP contribution in [-0.2, 0) is 13.1 Å². The molecular weight excluding hydrogens is 442 g/mol. The Morgan fingerprint density at radius 1 is 0.943 bits per heavy atom. The molecule has 35 heavy (non-hydrogen) atoms. The summed E-state index contributed by atoms with van der Waals surface area (Å²) < 4.78 is 1.84. The molecule has 0 atom stereocenters. The van der Waals surface area contributed by atoms with E-state index in [4.69, 9.17) is 0 Å². The van der Waals surface area contributed by atoms with Gasteiger partial charge >= 0.3 is 0 Å². The lowest BCUT2D eigenvalue weighted by Crippen LogP contribution is -2.20. The fourth-order valence-corrected chi connectivity index (χ4v) is 4.37. The van der Waals surface area contributed by atoms with Crippen LogP contribution < -0.4 is 5.32 Å². The summed E-state index contributed by atoms with van der Waals surface area (Å²) in [6.45, 7) is 2.44. The summed E-state index contributed by atoms with van der Waals surface area (Å²) in [5, 5.41) is 19.4. The zero-order valence-electron chi connectivity index (χ0n) is 19.1. The van der Waals surface area contributed by atoms with Gasteiger partial charge in [0.15, 0.2) is 5.69 Å². The van der Waals surface area contributed by atoms with Crippen molar-refractivity contribution in [2.24, 2.45) is 0 Å². The van der Waals surface area contributed by atoms with Gasteiger partial charge in [0.1, 0.15) is 5.69 Å². The van der Waals surface area contributed by atoms with E-state index in [1.165, 1.54) is 0 Å². The maximum absolute atomic E-state index is 13.1. The number of nitrogens with one attached hydrogen (secondary N) is 2. The third-order valence-corrected chi connectivity index (χ3v) is 6.12. The van der Waals surface area contributed by atoms with Crippen LogP contribution in [0.15, 0.2) is 61.3 Å². The summed E-state index contributed by atoms with van der Waals surface area (Å²) in [5.74, 6) is -0.320. The largest absolute Gasteiger partial charge is 0.319 e. The normalized spacial score (nSPS) is 14.7. The number of anilines is 1. The number of pyridine rings is 2. The molecule has 10 heteroatoms. The monoisotopic (exact) mass is 465 g/mol. The van der Waals surface area contributed by atoms with Crippen LogP contribution >= 0.6 is 0 Å². The van der Waals surface area contributed by atoms with E-state index >= 15 is 0 Å². The SMILES string of the molecule is CN1CCCn2cc(nn2)-c2cncc(c2)NC(=O)c2n[nH]c3ccc(cc23)-c2cncc(c2)C1. The predicted octanol–water partition coefficient (Wildman–Crippen LogP) is 3.37. The topological polar surface area (TPSA) is 118 Å². The summed E-state index contributed by atoms with van der Waals surface area (Å²) in [5.41, 5.74) is 6.23. The minimum absolute atomic E-state index is 0.316. The Labute approximate surface area is 201 Å². The molecule has 174 valence electrons. The predicted molar refractivity (Wildman–Crippen MR) is 131 cm³/mol. The number of aryl methyl sites for hydroxylation is 1. The maximum Gasteiger partial charge on any atom is 0.276 e. The number of hydrogen-bond donors (Lipinski definition) is 2. The van der Waals surface area contributed by atoms with Crippen molar-refractivity contribution >= 4 is 22.5 Å². The van der Waals surface area contributed by atoms with E-state index < -0.39 is 0 Å². The van der Waals surface area contributed by atoms with Crippen molar-refractivity contribution in [2.45, 2.75) is 19.5 Å². The van der Waals surface area contributed by atoms with Crippen LogP contribution in [0.25, 0.3) is 33.3 Å². The van der Waals surface area contributed by atoms with Gasteiger partial charge in [0.05, 0.1) is 23.6 Å². The zero-order chi connectivity index (χ0) is 23.8. The van der Waals surface area contributed by atoms with Crippen LogP contribution in [0.5, 0.6) is 0 Å². The van der Waals surface area contributed by atoms with Crippen LogP contribution in [0, 0.1) is 0 Å². The molecule has 8 bridgehead atoms. The number of aromatic amines is 1. The van der Waals surface area contributed by atoms with Gasteiger partial charge in [-0.05, 0) is 55.4 Å². The molecule has 1 aliphatic heterocycles. The number of H-pyrrole nitrogens is 1. The smallest absolute Gasteiger partial charge is 0.276 e. The molecule has 10 nitrogen and oxygen atoms in total. The summed E-state index contributed by atoms with van der Waals surface area (Å²) in [4.78, 5) is 24.2. The van der Waals surface area contributed by atoms with Crippen LogP contribution in [0.1, 0.15) is 22.5 Å². The Morgan fingerprint density at radius 2 is 1.83 bits per heavy atom. The molecule has 0 saturated heterocycles. The molecule has 1 amide bonds. The molecular formula is C25H23N9O. The zero-order valence-corrected chi connectivity index (χ0v) is 19.1. The van der Waals surface area contributed by atoms with E-state index in [1.54, 1.807) is 12.4 Å². The minimum Gasteiger partial charge on any atom is -0.319 e. The van der Waals surface area contributed by atoms with E-state index in [9.17, 15) is 4.79 Å². The van der Waals surface area contributed by atoms with Gasteiger partial charge in [-0.3, -0.25) is 24.5 Å². The fourth-order valence-electron chi connectivity index (χ4n) is 4.37. The van der Waals surface area contributed by atoms with Crippen molar-refractivity contribution in [3.05, 3.63) is 72.6 Å². The van der Waals surface area contributed by atoms with E-state index in [2.05, 4.69) is 53.8 Å². The lowest BCUT2D eigenvalue weighted by atomic mass is 10.0. The number of amides is 1. The highest BCUT2D eigenvalue weighted by Gasteiger charge is 2.17. The molecule has 5 aromatic rings. The quantitative estimate of drug-likeness (QED) is 0.360. The first-order chi connectivity index (χ1) is 17.1. The van der Waals surface area contributed by atoms with E-state index in [0.717, 1.165) is 59.2 Å². The molecule has 0 fully saturated rings. The van der Waals surface area contributed by atoms with Crippen LogP contribution in [0.4, 0.5) is 5.69 Å². The number of hydrogen-bond acceptors (Lipinski definition) is 7. The van der Waals surface area contributed by atoms with Crippen LogP contribution in [-0.4, -0.2) is 59.6 Å². The van der Waals surface area contributed by atoms with E-state index in [0.29, 0.717) is 17.1 Å². The van der Waals surface area contributed by atoms with Gasteiger partial charge in [-0.1, -0.05) is 11.3 Å². The Hall–Kier alpha value is -4.44. The first-order valence-electron chi connectivity index (χ1n) is 11.4. The van der Waals surface area contributed by atoms with Crippen LogP contribution in [0.3, 0.4) is 0 Å².